The quantitative estimate of drug-likeness (QED) is 0.928. The van der Waals surface area contributed by atoms with Gasteiger partial charge in [-0.3, -0.25) is 0 Å². The number of piperidine rings is 1. The Morgan fingerprint density at radius 2 is 2.13 bits per heavy atom. The van der Waals surface area contributed by atoms with Gasteiger partial charge in [0.15, 0.2) is 5.82 Å². The van der Waals surface area contributed by atoms with Gasteiger partial charge in [-0.1, -0.05) is 30.7 Å². The average Bonchev–Trinajstić information content (AvgIpc) is 3.00. The van der Waals surface area contributed by atoms with Crippen molar-refractivity contribution < 1.29 is 9.90 Å². The van der Waals surface area contributed by atoms with Gasteiger partial charge in [-0.15, -0.1) is 15.0 Å². The molecule has 3 rings (SSSR count). The number of hydrogen-bond acceptors (Lipinski definition) is 4. The Bertz CT molecular complexity index is 716. The molecule has 23 heavy (non-hydrogen) atoms. The molecule has 0 unspecified atom stereocenters. The molecule has 1 aliphatic heterocycles. The minimum atomic E-state index is -1.07. The van der Waals surface area contributed by atoms with Gasteiger partial charge in [0.25, 0.3) is 0 Å². The minimum absolute atomic E-state index is 0.0229. The summed E-state index contributed by atoms with van der Waals surface area (Å²) in [5.41, 5.74) is 0.554. The maximum Gasteiger partial charge on any atom is 0.360 e. The fourth-order valence-electron chi connectivity index (χ4n) is 3.06. The minimum Gasteiger partial charge on any atom is -0.476 e. The lowest BCUT2D eigenvalue weighted by molar-refractivity contribution is 0.0690. The van der Waals surface area contributed by atoms with Gasteiger partial charge < -0.3 is 10.0 Å². The number of anilines is 1. The topological polar surface area (TPSA) is 71.2 Å². The normalized spacial score (nSPS) is 18.2. The van der Waals surface area contributed by atoms with Crippen LogP contribution < -0.4 is 4.90 Å². The summed E-state index contributed by atoms with van der Waals surface area (Å²) in [6, 6.07) is 7.44. The Hall–Kier alpha value is -2.08. The van der Waals surface area contributed by atoms with E-state index in [0.29, 0.717) is 22.6 Å². The summed E-state index contributed by atoms with van der Waals surface area (Å²) in [7, 11) is 0. The largest absolute Gasteiger partial charge is 0.476 e. The number of halogens is 1. The van der Waals surface area contributed by atoms with Gasteiger partial charge in [0.2, 0.25) is 5.69 Å². The zero-order valence-electron chi connectivity index (χ0n) is 12.9. The van der Waals surface area contributed by atoms with Gasteiger partial charge in [0.1, 0.15) is 5.69 Å². The lowest BCUT2D eigenvalue weighted by Gasteiger charge is -2.35. The number of benzene rings is 1. The van der Waals surface area contributed by atoms with E-state index in [1.165, 1.54) is 4.80 Å². The van der Waals surface area contributed by atoms with E-state index in [-0.39, 0.29) is 5.69 Å². The molecular formula is C16H19ClN4O2. The number of carbonyl (C=O) groups is 1. The molecule has 1 aromatic heterocycles. The molecule has 0 spiro atoms. The van der Waals surface area contributed by atoms with E-state index >= 15 is 0 Å². The van der Waals surface area contributed by atoms with Gasteiger partial charge >= 0.3 is 5.97 Å². The van der Waals surface area contributed by atoms with Crippen molar-refractivity contribution >= 4 is 23.4 Å². The van der Waals surface area contributed by atoms with Crippen molar-refractivity contribution in [1.29, 1.82) is 0 Å². The second-order valence-electron chi connectivity index (χ2n) is 5.67. The molecule has 1 aromatic carbocycles. The SMILES string of the molecule is CC[C@@H]1CCCCN1c1nn(-c2ccccc2Cl)nc1C(=O)O. The summed E-state index contributed by atoms with van der Waals surface area (Å²) in [5, 5.41) is 18.6. The number of aromatic carboxylic acids is 1. The Morgan fingerprint density at radius 1 is 1.35 bits per heavy atom. The summed E-state index contributed by atoms with van der Waals surface area (Å²) in [6.45, 7) is 2.92. The number of rotatable bonds is 4. The molecular weight excluding hydrogens is 316 g/mol. The Morgan fingerprint density at radius 3 is 2.83 bits per heavy atom. The maximum absolute atomic E-state index is 11.6. The lowest BCUT2D eigenvalue weighted by Crippen LogP contribution is -2.40. The Labute approximate surface area is 139 Å². The molecule has 0 amide bonds. The Kier molecular flexibility index (Phi) is 4.52. The lowest BCUT2D eigenvalue weighted by atomic mass is 10.00. The zero-order valence-corrected chi connectivity index (χ0v) is 13.7. The molecule has 6 nitrogen and oxygen atoms in total. The van der Waals surface area contributed by atoms with E-state index in [4.69, 9.17) is 11.6 Å². The van der Waals surface area contributed by atoms with Crippen LogP contribution in [0.5, 0.6) is 0 Å². The number of carboxylic acid groups (broad SMARTS) is 1. The van der Waals surface area contributed by atoms with E-state index in [2.05, 4.69) is 22.0 Å². The molecule has 1 N–H and O–H groups in total. The number of aromatic nitrogens is 3. The van der Waals surface area contributed by atoms with Crippen molar-refractivity contribution in [1.82, 2.24) is 15.0 Å². The second kappa shape index (κ2) is 6.58. The van der Waals surface area contributed by atoms with E-state index < -0.39 is 5.97 Å². The molecule has 2 aromatic rings. The van der Waals surface area contributed by atoms with E-state index in [9.17, 15) is 9.90 Å². The van der Waals surface area contributed by atoms with Gasteiger partial charge in [-0.05, 0) is 37.8 Å². The van der Waals surface area contributed by atoms with Gasteiger partial charge in [-0.2, -0.15) is 0 Å². The van der Waals surface area contributed by atoms with Crippen LogP contribution in [0.2, 0.25) is 5.02 Å². The van der Waals surface area contributed by atoms with Crippen LogP contribution in [0.1, 0.15) is 43.1 Å². The highest BCUT2D eigenvalue weighted by Crippen LogP contribution is 2.28. The molecule has 1 saturated heterocycles. The first-order chi connectivity index (χ1) is 11.1. The van der Waals surface area contributed by atoms with Crippen molar-refractivity contribution in [3.8, 4) is 5.69 Å². The fourth-order valence-corrected chi connectivity index (χ4v) is 3.27. The molecule has 1 aliphatic rings. The summed E-state index contributed by atoms with van der Waals surface area (Å²) < 4.78 is 0. The van der Waals surface area contributed by atoms with Crippen LogP contribution in [-0.4, -0.2) is 38.7 Å². The maximum atomic E-state index is 11.6. The standard InChI is InChI=1S/C16H19ClN4O2/c1-2-11-7-5-6-10-20(11)15-14(16(22)23)18-21(19-15)13-9-4-3-8-12(13)17/h3-4,8-9,11H,2,5-7,10H2,1H3,(H,22,23)/t11-/m1/s1. The summed E-state index contributed by atoms with van der Waals surface area (Å²) >= 11 is 6.18. The third-order valence-corrected chi connectivity index (χ3v) is 4.56. The first-order valence-electron chi connectivity index (χ1n) is 7.84. The third-order valence-electron chi connectivity index (χ3n) is 4.24. The summed E-state index contributed by atoms with van der Waals surface area (Å²) in [6.07, 6.45) is 4.21. The molecule has 0 saturated carbocycles. The molecule has 1 fully saturated rings. The molecule has 0 aliphatic carbocycles. The van der Waals surface area contributed by atoms with Crippen molar-refractivity contribution in [2.45, 2.75) is 38.6 Å². The molecule has 1 atom stereocenters. The van der Waals surface area contributed by atoms with E-state index in [1.807, 2.05) is 12.1 Å². The van der Waals surface area contributed by atoms with Crippen molar-refractivity contribution in [3.63, 3.8) is 0 Å². The molecule has 7 heteroatoms. The molecule has 0 radical (unpaired) electrons. The van der Waals surface area contributed by atoms with Gasteiger partial charge in [0.05, 0.1) is 5.02 Å². The van der Waals surface area contributed by atoms with Crippen LogP contribution >= 0.6 is 11.6 Å². The van der Waals surface area contributed by atoms with Gasteiger partial charge in [0, 0.05) is 12.6 Å². The van der Waals surface area contributed by atoms with Crippen LogP contribution in [0.4, 0.5) is 5.82 Å². The third kappa shape index (κ3) is 3.03. The van der Waals surface area contributed by atoms with Crippen LogP contribution in [0.15, 0.2) is 24.3 Å². The molecule has 2 heterocycles. The van der Waals surface area contributed by atoms with Crippen molar-refractivity contribution in [3.05, 3.63) is 35.0 Å². The average molecular weight is 335 g/mol. The van der Waals surface area contributed by atoms with Crippen molar-refractivity contribution in [2.75, 3.05) is 11.4 Å². The highest BCUT2D eigenvalue weighted by Gasteiger charge is 2.29. The highest BCUT2D eigenvalue weighted by atomic mass is 35.5. The highest BCUT2D eigenvalue weighted by molar-refractivity contribution is 6.32. The van der Waals surface area contributed by atoms with Crippen LogP contribution in [0.25, 0.3) is 5.69 Å². The molecule has 122 valence electrons. The van der Waals surface area contributed by atoms with E-state index in [1.54, 1.807) is 12.1 Å². The second-order valence-corrected chi connectivity index (χ2v) is 6.08. The molecule has 0 bridgehead atoms. The predicted octanol–water partition coefficient (Wildman–Crippen LogP) is 3.39. The number of carboxylic acids is 1. The van der Waals surface area contributed by atoms with Crippen molar-refractivity contribution in [2.24, 2.45) is 0 Å². The fraction of sp³-hybridized carbons (Fsp3) is 0.438. The first kappa shape index (κ1) is 15.8. The van der Waals surface area contributed by atoms with E-state index in [0.717, 1.165) is 32.2 Å². The Balaban J connectivity index is 2.06. The monoisotopic (exact) mass is 334 g/mol. The van der Waals surface area contributed by atoms with Crippen LogP contribution in [-0.2, 0) is 0 Å². The number of hydrogen-bond donors (Lipinski definition) is 1. The van der Waals surface area contributed by atoms with Crippen LogP contribution in [0, 0.1) is 0 Å². The smallest absolute Gasteiger partial charge is 0.360 e. The van der Waals surface area contributed by atoms with Gasteiger partial charge in [-0.25, -0.2) is 4.79 Å². The number of para-hydroxylation sites is 1. The first-order valence-corrected chi connectivity index (χ1v) is 8.21. The van der Waals surface area contributed by atoms with Crippen LogP contribution in [0.3, 0.4) is 0 Å². The summed E-state index contributed by atoms with van der Waals surface area (Å²) in [4.78, 5) is 15.0. The zero-order chi connectivity index (χ0) is 16.4. The number of nitrogens with zero attached hydrogens (tertiary/aromatic N) is 4. The summed E-state index contributed by atoms with van der Waals surface area (Å²) in [5.74, 6) is -0.636. The predicted molar refractivity (Wildman–Crippen MR) is 88.6 cm³/mol.